The SMILES string of the molecule is COc1cc2[nH]c(CN)cc2cc1F. The van der Waals surface area contributed by atoms with Crippen LogP contribution in [-0.4, -0.2) is 12.1 Å². The summed E-state index contributed by atoms with van der Waals surface area (Å²) in [5.41, 5.74) is 7.18. The average molecular weight is 194 g/mol. The molecular weight excluding hydrogens is 183 g/mol. The molecule has 1 heterocycles. The molecule has 2 rings (SSSR count). The van der Waals surface area contributed by atoms with Gasteiger partial charge in [-0.1, -0.05) is 0 Å². The number of H-pyrrole nitrogens is 1. The lowest BCUT2D eigenvalue weighted by Crippen LogP contribution is -1.95. The first kappa shape index (κ1) is 9.02. The lowest BCUT2D eigenvalue weighted by atomic mass is 10.2. The second-order valence-electron chi connectivity index (χ2n) is 3.07. The first-order valence-corrected chi connectivity index (χ1v) is 4.30. The van der Waals surface area contributed by atoms with Gasteiger partial charge in [0.1, 0.15) is 0 Å². The van der Waals surface area contributed by atoms with Crippen LogP contribution in [0.25, 0.3) is 10.9 Å². The fourth-order valence-corrected chi connectivity index (χ4v) is 1.46. The molecule has 0 radical (unpaired) electrons. The van der Waals surface area contributed by atoms with Gasteiger partial charge in [0.25, 0.3) is 0 Å². The van der Waals surface area contributed by atoms with E-state index in [4.69, 9.17) is 10.5 Å². The van der Waals surface area contributed by atoms with Crippen LogP contribution in [0.15, 0.2) is 18.2 Å². The molecule has 3 nitrogen and oxygen atoms in total. The van der Waals surface area contributed by atoms with E-state index >= 15 is 0 Å². The van der Waals surface area contributed by atoms with Crippen LogP contribution in [0.4, 0.5) is 4.39 Å². The normalized spacial score (nSPS) is 10.8. The van der Waals surface area contributed by atoms with E-state index < -0.39 is 0 Å². The van der Waals surface area contributed by atoms with Crippen LogP contribution in [0.5, 0.6) is 5.75 Å². The largest absolute Gasteiger partial charge is 0.494 e. The van der Waals surface area contributed by atoms with Crippen molar-refractivity contribution in [2.75, 3.05) is 7.11 Å². The molecular formula is C10H11FN2O. The zero-order valence-electron chi connectivity index (χ0n) is 7.80. The smallest absolute Gasteiger partial charge is 0.165 e. The number of fused-ring (bicyclic) bond motifs is 1. The number of methoxy groups -OCH3 is 1. The van der Waals surface area contributed by atoms with Crippen LogP contribution < -0.4 is 10.5 Å². The maximum absolute atomic E-state index is 13.3. The molecule has 0 saturated carbocycles. The number of hydrogen-bond acceptors (Lipinski definition) is 2. The predicted molar refractivity (Wildman–Crippen MR) is 52.7 cm³/mol. The summed E-state index contributed by atoms with van der Waals surface area (Å²) in [6.45, 7) is 0.415. The van der Waals surface area contributed by atoms with Gasteiger partial charge in [-0.15, -0.1) is 0 Å². The molecule has 0 aliphatic carbocycles. The zero-order valence-corrected chi connectivity index (χ0v) is 7.80. The third kappa shape index (κ3) is 1.33. The fraction of sp³-hybridized carbons (Fsp3) is 0.200. The van der Waals surface area contributed by atoms with Crippen molar-refractivity contribution in [1.82, 2.24) is 4.98 Å². The lowest BCUT2D eigenvalue weighted by Gasteiger charge is -2.00. The molecule has 0 spiro atoms. The summed E-state index contributed by atoms with van der Waals surface area (Å²) in [6, 6.07) is 4.89. The van der Waals surface area contributed by atoms with E-state index in [9.17, 15) is 4.39 Å². The second kappa shape index (κ2) is 3.31. The predicted octanol–water partition coefficient (Wildman–Crippen LogP) is 1.77. The van der Waals surface area contributed by atoms with Gasteiger partial charge in [-0.2, -0.15) is 0 Å². The highest BCUT2D eigenvalue weighted by Crippen LogP contribution is 2.24. The average Bonchev–Trinajstić information content (AvgIpc) is 2.58. The number of nitrogens with one attached hydrogen (secondary N) is 1. The fourth-order valence-electron chi connectivity index (χ4n) is 1.46. The van der Waals surface area contributed by atoms with Gasteiger partial charge in [0, 0.05) is 29.2 Å². The molecule has 4 heteroatoms. The molecule has 1 aromatic heterocycles. The van der Waals surface area contributed by atoms with Crippen molar-refractivity contribution < 1.29 is 9.13 Å². The van der Waals surface area contributed by atoms with Crippen molar-refractivity contribution >= 4 is 10.9 Å². The number of benzene rings is 1. The molecule has 3 N–H and O–H groups in total. The van der Waals surface area contributed by atoms with Crippen molar-refractivity contribution in [3.8, 4) is 5.75 Å². The first-order valence-electron chi connectivity index (χ1n) is 4.30. The molecule has 0 unspecified atom stereocenters. The molecule has 1 aromatic carbocycles. The topological polar surface area (TPSA) is 51.0 Å². The summed E-state index contributed by atoms with van der Waals surface area (Å²) >= 11 is 0. The van der Waals surface area contributed by atoms with E-state index in [1.54, 1.807) is 6.07 Å². The number of halogens is 1. The molecule has 74 valence electrons. The number of ether oxygens (including phenoxy) is 1. The molecule has 0 aliphatic heterocycles. The number of aromatic nitrogens is 1. The van der Waals surface area contributed by atoms with E-state index in [2.05, 4.69) is 4.98 Å². The maximum atomic E-state index is 13.3. The standard InChI is InChI=1S/C10H11FN2O/c1-14-10-4-9-6(3-8(10)11)2-7(5-12)13-9/h2-4,13H,5,12H2,1H3. The first-order chi connectivity index (χ1) is 6.74. The Bertz CT molecular complexity index is 464. The Labute approximate surface area is 80.7 Å². The molecule has 2 aromatic rings. The molecule has 0 atom stereocenters. The van der Waals surface area contributed by atoms with E-state index in [0.717, 1.165) is 16.6 Å². The van der Waals surface area contributed by atoms with E-state index in [0.29, 0.717) is 6.54 Å². The Hall–Kier alpha value is -1.55. The number of nitrogens with two attached hydrogens (primary N) is 1. The van der Waals surface area contributed by atoms with Gasteiger partial charge in [0.15, 0.2) is 11.6 Å². The Kier molecular flexibility index (Phi) is 2.13. The lowest BCUT2D eigenvalue weighted by molar-refractivity contribution is 0.387. The van der Waals surface area contributed by atoms with E-state index in [-0.39, 0.29) is 11.6 Å². The van der Waals surface area contributed by atoms with Crippen molar-refractivity contribution in [2.45, 2.75) is 6.54 Å². The quantitative estimate of drug-likeness (QED) is 0.765. The van der Waals surface area contributed by atoms with Gasteiger partial charge in [0.2, 0.25) is 0 Å². The third-order valence-electron chi connectivity index (χ3n) is 2.17. The summed E-state index contributed by atoms with van der Waals surface area (Å²) in [6.07, 6.45) is 0. The molecule has 0 fully saturated rings. The minimum absolute atomic E-state index is 0.239. The molecule has 14 heavy (non-hydrogen) atoms. The van der Waals surface area contributed by atoms with Crippen molar-refractivity contribution in [2.24, 2.45) is 5.73 Å². The molecule has 0 saturated heterocycles. The third-order valence-corrected chi connectivity index (χ3v) is 2.17. The van der Waals surface area contributed by atoms with Crippen LogP contribution >= 0.6 is 0 Å². The van der Waals surface area contributed by atoms with Crippen LogP contribution in [0.3, 0.4) is 0 Å². The summed E-state index contributed by atoms with van der Waals surface area (Å²) in [5, 5.41) is 0.809. The molecule has 0 aliphatic rings. The van der Waals surface area contributed by atoms with Gasteiger partial charge >= 0.3 is 0 Å². The molecule has 0 amide bonds. The van der Waals surface area contributed by atoms with Gasteiger partial charge in [-0.3, -0.25) is 0 Å². The highest BCUT2D eigenvalue weighted by Gasteiger charge is 2.06. The van der Waals surface area contributed by atoms with Gasteiger partial charge < -0.3 is 15.5 Å². The highest BCUT2D eigenvalue weighted by atomic mass is 19.1. The van der Waals surface area contributed by atoms with Gasteiger partial charge in [-0.25, -0.2) is 4.39 Å². The van der Waals surface area contributed by atoms with Crippen molar-refractivity contribution in [3.63, 3.8) is 0 Å². The number of aromatic amines is 1. The monoisotopic (exact) mass is 194 g/mol. The Morgan fingerprint density at radius 2 is 2.21 bits per heavy atom. The van der Waals surface area contributed by atoms with Crippen LogP contribution in [-0.2, 0) is 6.54 Å². The minimum Gasteiger partial charge on any atom is -0.494 e. The van der Waals surface area contributed by atoms with Crippen LogP contribution in [0.2, 0.25) is 0 Å². The van der Waals surface area contributed by atoms with E-state index in [1.807, 2.05) is 6.07 Å². The van der Waals surface area contributed by atoms with Crippen molar-refractivity contribution in [3.05, 3.63) is 29.7 Å². The zero-order chi connectivity index (χ0) is 10.1. The van der Waals surface area contributed by atoms with Gasteiger partial charge in [0.05, 0.1) is 7.11 Å². The van der Waals surface area contributed by atoms with Crippen LogP contribution in [0.1, 0.15) is 5.69 Å². The summed E-state index contributed by atoms with van der Waals surface area (Å²) < 4.78 is 18.1. The maximum Gasteiger partial charge on any atom is 0.165 e. The summed E-state index contributed by atoms with van der Waals surface area (Å²) in [5.74, 6) is -0.120. The summed E-state index contributed by atoms with van der Waals surface area (Å²) in [7, 11) is 1.44. The Morgan fingerprint density at radius 1 is 1.43 bits per heavy atom. The van der Waals surface area contributed by atoms with Crippen LogP contribution in [0, 0.1) is 5.82 Å². The number of rotatable bonds is 2. The number of hydrogen-bond donors (Lipinski definition) is 2. The molecule has 0 bridgehead atoms. The second-order valence-corrected chi connectivity index (χ2v) is 3.07. The Balaban J connectivity index is 2.64. The summed E-state index contributed by atoms with van der Waals surface area (Å²) in [4.78, 5) is 3.08. The van der Waals surface area contributed by atoms with E-state index in [1.165, 1.54) is 13.2 Å². The highest BCUT2D eigenvalue weighted by molar-refractivity contribution is 5.82. The Morgan fingerprint density at radius 3 is 2.86 bits per heavy atom. The van der Waals surface area contributed by atoms with Gasteiger partial charge in [-0.05, 0) is 12.1 Å². The van der Waals surface area contributed by atoms with Crippen molar-refractivity contribution in [1.29, 1.82) is 0 Å². The minimum atomic E-state index is -0.359.